The molecule has 1 fully saturated rings. The van der Waals surface area contributed by atoms with Crippen molar-refractivity contribution in [1.29, 1.82) is 0 Å². The lowest BCUT2D eigenvalue weighted by Gasteiger charge is -2.37. The number of nitrogens with one attached hydrogen (secondary N) is 1. The molecule has 1 aromatic carbocycles. The minimum Gasteiger partial charge on any atom is -0.369 e. The third-order valence-corrected chi connectivity index (χ3v) is 5.32. The summed E-state index contributed by atoms with van der Waals surface area (Å²) in [6, 6.07) is 5.23. The molecule has 4 nitrogen and oxygen atoms in total. The highest BCUT2D eigenvalue weighted by Crippen LogP contribution is 2.28. The summed E-state index contributed by atoms with van der Waals surface area (Å²) in [4.78, 5) is 9.12. The molecule has 0 saturated carbocycles. The average molecular weight is 348 g/mol. The van der Waals surface area contributed by atoms with Crippen LogP contribution in [0.5, 0.6) is 0 Å². The van der Waals surface area contributed by atoms with Crippen molar-refractivity contribution >= 4 is 17.0 Å². The van der Waals surface area contributed by atoms with Gasteiger partial charge < -0.3 is 15.1 Å². The first kappa shape index (κ1) is 17.3. The van der Waals surface area contributed by atoms with Gasteiger partial charge in [-0.05, 0) is 37.2 Å². The topological polar surface area (TPSA) is 31.4 Å². The van der Waals surface area contributed by atoms with E-state index in [4.69, 9.17) is 0 Å². The molecular formula is C18H25FN4S. The first-order valence-corrected chi connectivity index (χ1v) is 9.49. The van der Waals surface area contributed by atoms with E-state index in [2.05, 4.69) is 33.9 Å². The van der Waals surface area contributed by atoms with Crippen molar-refractivity contribution in [1.82, 2.24) is 15.2 Å². The molecule has 24 heavy (non-hydrogen) atoms. The van der Waals surface area contributed by atoms with Gasteiger partial charge in [0, 0.05) is 49.8 Å². The lowest BCUT2D eigenvalue weighted by atomic mass is 10.0. The summed E-state index contributed by atoms with van der Waals surface area (Å²) in [7, 11) is 0. The van der Waals surface area contributed by atoms with Gasteiger partial charge in [-0.1, -0.05) is 6.92 Å². The maximum Gasteiger partial charge on any atom is 0.123 e. The van der Waals surface area contributed by atoms with Crippen LogP contribution in [0.2, 0.25) is 0 Å². The largest absolute Gasteiger partial charge is 0.369 e. The van der Waals surface area contributed by atoms with Gasteiger partial charge in [0.25, 0.3) is 0 Å². The summed E-state index contributed by atoms with van der Waals surface area (Å²) in [5, 5.41) is 5.51. The summed E-state index contributed by atoms with van der Waals surface area (Å²) in [5.74, 6) is -0.178. The molecule has 6 heteroatoms. The maximum atomic E-state index is 13.8. The van der Waals surface area contributed by atoms with Gasteiger partial charge in [0.2, 0.25) is 0 Å². The molecule has 3 rings (SSSR count). The fourth-order valence-corrected chi connectivity index (χ4v) is 3.72. The quantitative estimate of drug-likeness (QED) is 0.868. The molecule has 0 aliphatic carbocycles. The highest BCUT2D eigenvalue weighted by atomic mass is 32.1. The molecule has 0 spiro atoms. The third kappa shape index (κ3) is 4.12. The smallest absolute Gasteiger partial charge is 0.123 e. The number of aromatic nitrogens is 1. The second-order valence-electron chi connectivity index (χ2n) is 6.21. The minimum absolute atomic E-state index is 0.0709. The van der Waals surface area contributed by atoms with Crippen LogP contribution >= 0.6 is 11.3 Å². The van der Waals surface area contributed by atoms with Crippen molar-refractivity contribution in [2.75, 3.05) is 37.6 Å². The number of benzene rings is 1. The van der Waals surface area contributed by atoms with Gasteiger partial charge in [-0.2, -0.15) is 0 Å². The summed E-state index contributed by atoms with van der Waals surface area (Å²) < 4.78 is 13.8. The van der Waals surface area contributed by atoms with E-state index < -0.39 is 0 Å². The Balaban J connectivity index is 1.73. The van der Waals surface area contributed by atoms with Gasteiger partial charge in [-0.15, -0.1) is 11.3 Å². The Morgan fingerprint density at radius 2 is 2.08 bits per heavy atom. The molecule has 0 bridgehead atoms. The molecule has 2 heterocycles. The van der Waals surface area contributed by atoms with Gasteiger partial charge in [-0.25, -0.2) is 9.37 Å². The fraction of sp³-hybridized carbons (Fsp3) is 0.500. The molecule has 0 radical (unpaired) electrons. The van der Waals surface area contributed by atoms with E-state index >= 15 is 0 Å². The van der Waals surface area contributed by atoms with Crippen LogP contribution in [0.15, 0.2) is 29.1 Å². The standard InChI is InChI=1S/C18H25FN4S/c1-3-22-6-8-23(9-7-22)18-5-4-15(19)10-17(18)14(2)20-11-16-12-24-13-21-16/h4-5,10,12-14,20H,3,6-9,11H2,1-2H3/t14-/m0/s1. The maximum absolute atomic E-state index is 13.8. The summed E-state index contributed by atoms with van der Waals surface area (Å²) in [6.45, 7) is 10.2. The molecule has 1 atom stereocenters. The molecular weight excluding hydrogens is 323 g/mol. The Bertz CT molecular complexity index is 638. The van der Waals surface area contributed by atoms with Gasteiger partial charge in [-0.3, -0.25) is 0 Å². The Hall–Kier alpha value is -1.50. The van der Waals surface area contributed by atoms with Crippen LogP contribution in [-0.2, 0) is 6.54 Å². The van der Waals surface area contributed by atoms with Crippen LogP contribution in [0, 0.1) is 5.82 Å². The van der Waals surface area contributed by atoms with Gasteiger partial charge in [0.1, 0.15) is 5.82 Å². The van der Waals surface area contributed by atoms with Crippen molar-refractivity contribution in [2.24, 2.45) is 0 Å². The number of thiazole rings is 1. The van der Waals surface area contributed by atoms with Gasteiger partial charge in [0.05, 0.1) is 11.2 Å². The summed E-state index contributed by atoms with van der Waals surface area (Å²) in [5.41, 5.74) is 5.03. The van der Waals surface area contributed by atoms with Crippen LogP contribution in [0.3, 0.4) is 0 Å². The molecule has 0 unspecified atom stereocenters. The molecule has 1 aromatic heterocycles. The van der Waals surface area contributed by atoms with Crippen LogP contribution in [0.25, 0.3) is 0 Å². The number of halogens is 1. The normalized spacial score (nSPS) is 17.2. The average Bonchev–Trinajstić information content (AvgIpc) is 3.13. The van der Waals surface area contributed by atoms with Crippen molar-refractivity contribution in [2.45, 2.75) is 26.4 Å². The van der Waals surface area contributed by atoms with Crippen molar-refractivity contribution in [3.63, 3.8) is 0 Å². The lowest BCUT2D eigenvalue weighted by Crippen LogP contribution is -2.46. The minimum atomic E-state index is -0.178. The summed E-state index contributed by atoms with van der Waals surface area (Å²) in [6.07, 6.45) is 0. The molecule has 1 aliphatic rings. The van der Waals surface area contributed by atoms with Gasteiger partial charge in [0.15, 0.2) is 0 Å². The van der Waals surface area contributed by atoms with E-state index in [0.29, 0.717) is 6.54 Å². The number of hydrogen-bond acceptors (Lipinski definition) is 5. The third-order valence-electron chi connectivity index (χ3n) is 4.69. The fourth-order valence-electron chi connectivity index (χ4n) is 3.16. The molecule has 1 N–H and O–H groups in total. The highest BCUT2D eigenvalue weighted by Gasteiger charge is 2.20. The Morgan fingerprint density at radius 3 is 2.75 bits per heavy atom. The predicted molar refractivity (Wildman–Crippen MR) is 98.1 cm³/mol. The molecule has 2 aromatic rings. The zero-order valence-electron chi connectivity index (χ0n) is 14.3. The lowest BCUT2D eigenvalue weighted by molar-refractivity contribution is 0.271. The number of nitrogens with zero attached hydrogens (tertiary/aromatic N) is 3. The monoisotopic (exact) mass is 348 g/mol. The highest BCUT2D eigenvalue weighted by molar-refractivity contribution is 7.07. The zero-order valence-corrected chi connectivity index (χ0v) is 15.2. The second-order valence-corrected chi connectivity index (χ2v) is 6.93. The second kappa shape index (κ2) is 8.05. The van der Waals surface area contributed by atoms with Crippen molar-refractivity contribution < 1.29 is 4.39 Å². The van der Waals surface area contributed by atoms with Crippen LogP contribution < -0.4 is 10.2 Å². The first-order chi connectivity index (χ1) is 11.7. The predicted octanol–water partition coefficient (Wildman–Crippen LogP) is 3.27. The molecule has 1 saturated heterocycles. The van der Waals surface area contributed by atoms with E-state index in [-0.39, 0.29) is 11.9 Å². The van der Waals surface area contributed by atoms with Crippen LogP contribution in [0.4, 0.5) is 10.1 Å². The van der Waals surface area contributed by atoms with Crippen LogP contribution in [-0.4, -0.2) is 42.6 Å². The summed E-state index contributed by atoms with van der Waals surface area (Å²) >= 11 is 1.59. The number of piperazine rings is 1. The van der Waals surface area contributed by atoms with Gasteiger partial charge >= 0.3 is 0 Å². The number of rotatable bonds is 6. The van der Waals surface area contributed by atoms with E-state index in [9.17, 15) is 4.39 Å². The van der Waals surface area contributed by atoms with Crippen LogP contribution in [0.1, 0.15) is 31.1 Å². The zero-order chi connectivity index (χ0) is 16.9. The Labute approximate surface area is 147 Å². The number of anilines is 1. The Morgan fingerprint density at radius 1 is 1.29 bits per heavy atom. The number of likely N-dealkylation sites (N-methyl/N-ethyl adjacent to an activating group) is 1. The van der Waals surface area contributed by atoms with E-state index in [0.717, 1.165) is 49.7 Å². The molecule has 1 aliphatic heterocycles. The van der Waals surface area contributed by atoms with E-state index in [1.54, 1.807) is 23.5 Å². The van der Waals surface area contributed by atoms with E-state index in [1.807, 2.05) is 17.0 Å². The van der Waals surface area contributed by atoms with Crippen molar-refractivity contribution in [3.05, 3.63) is 46.2 Å². The van der Waals surface area contributed by atoms with E-state index in [1.165, 1.54) is 0 Å². The Kier molecular flexibility index (Phi) is 5.81. The van der Waals surface area contributed by atoms with Crippen molar-refractivity contribution in [3.8, 4) is 0 Å². The number of hydrogen-bond donors (Lipinski definition) is 1. The first-order valence-electron chi connectivity index (χ1n) is 8.54. The SMILES string of the molecule is CCN1CCN(c2ccc(F)cc2[C@H](C)NCc2cscn2)CC1. The molecule has 130 valence electrons. The molecule has 0 amide bonds.